The van der Waals surface area contributed by atoms with Crippen LogP contribution in [0.15, 0.2) is 24.3 Å². The first-order valence-electron chi connectivity index (χ1n) is 4.00. The van der Waals surface area contributed by atoms with Crippen LogP contribution in [-0.2, 0) is 0 Å². The fourth-order valence-corrected chi connectivity index (χ4v) is 1.03. The van der Waals surface area contributed by atoms with E-state index in [1.807, 2.05) is 24.3 Å². The van der Waals surface area contributed by atoms with E-state index in [0.29, 0.717) is 0 Å². The van der Waals surface area contributed by atoms with Gasteiger partial charge in [-0.25, -0.2) is 9.97 Å². The summed E-state index contributed by atoms with van der Waals surface area (Å²) in [4.78, 5) is 8.13. The second-order valence-corrected chi connectivity index (χ2v) is 2.48. The lowest BCUT2D eigenvalue weighted by Crippen LogP contribution is -2.00. The molecule has 0 unspecified atom stereocenters. The third-order valence-electron chi connectivity index (χ3n) is 1.63. The van der Waals surface area contributed by atoms with E-state index < -0.39 is 0 Å². The van der Waals surface area contributed by atoms with Crippen molar-refractivity contribution in [1.29, 1.82) is 0 Å². The van der Waals surface area contributed by atoms with Gasteiger partial charge < -0.3 is 16.6 Å². The molecule has 2 aromatic rings. The highest BCUT2D eigenvalue weighted by Gasteiger charge is 1.99. The SMILES string of the molecule is CO.Nc1nc2ccccc2nc1N.[HH]. The number of hydrogen-bond donors (Lipinski definition) is 3. The number of nitrogens with two attached hydrogens (primary N) is 2. The van der Waals surface area contributed by atoms with E-state index in [0.717, 1.165) is 18.1 Å². The van der Waals surface area contributed by atoms with Crippen molar-refractivity contribution in [1.82, 2.24) is 9.97 Å². The molecule has 0 amide bonds. The molecule has 0 saturated heterocycles. The fraction of sp³-hybridized carbons (Fsp3) is 0.111. The van der Waals surface area contributed by atoms with Crippen LogP contribution in [-0.4, -0.2) is 22.2 Å². The Labute approximate surface area is 82.9 Å². The molecule has 5 heteroatoms. The number of aliphatic hydroxyl groups is 1. The largest absolute Gasteiger partial charge is 0.400 e. The molecule has 1 heterocycles. The van der Waals surface area contributed by atoms with Gasteiger partial charge in [-0.1, -0.05) is 12.1 Å². The lowest BCUT2D eigenvalue weighted by atomic mass is 10.3. The number of aliphatic hydroxyl groups excluding tert-OH is 1. The van der Waals surface area contributed by atoms with Crippen LogP contribution >= 0.6 is 0 Å². The maximum atomic E-state index is 7.00. The molecular weight excluding hydrogens is 180 g/mol. The van der Waals surface area contributed by atoms with Crippen molar-refractivity contribution in [3.8, 4) is 0 Å². The normalized spacial score (nSPS) is 9.29. The molecule has 5 nitrogen and oxygen atoms in total. The Morgan fingerprint density at radius 1 is 1.00 bits per heavy atom. The summed E-state index contributed by atoms with van der Waals surface area (Å²) in [6.07, 6.45) is 0. The smallest absolute Gasteiger partial charge is 0.166 e. The predicted molar refractivity (Wildman–Crippen MR) is 58.6 cm³/mol. The van der Waals surface area contributed by atoms with Gasteiger partial charge in [-0.3, -0.25) is 0 Å². The minimum atomic E-state index is 0. The Bertz CT molecular complexity index is 395. The maximum absolute atomic E-state index is 7.00. The number of rotatable bonds is 0. The Hall–Kier alpha value is -1.88. The molecule has 0 radical (unpaired) electrons. The molecule has 0 aliphatic heterocycles. The molecule has 5 N–H and O–H groups in total. The molecule has 14 heavy (non-hydrogen) atoms. The van der Waals surface area contributed by atoms with E-state index in [2.05, 4.69) is 9.97 Å². The lowest BCUT2D eigenvalue weighted by molar-refractivity contribution is 0.399. The van der Waals surface area contributed by atoms with Crippen molar-refractivity contribution in [3.63, 3.8) is 0 Å². The molecule has 1 aromatic carbocycles. The van der Waals surface area contributed by atoms with Crippen molar-refractivity contribution < 1.29 is 6.53 Å². The number of anilines is 2. The first kappa shape index (κ1) is 10.2. The molecule has 0 bridgehead atoms. The van der Waals surface area contributed by atoms with Crippen LogP contribution in [0.4, 0.5) is 11.6 Å². The van der Waals surface area contributed by atoms with Crippen molar-refractivity contribution in [2.75, 3.05) is 18.6 Å². The van der Waals surface area contributed by atoms with Gasteiger partial charge in [0.2, 0.25) is 0 Å². The van der Waals surface area contributed by atoms with Crippen molar-refractivity contribution in [2.45, 2.75) is 0 Å². The zero-order valence-electron chi connectivity index (χ0n) is 7.81. The summed E-state index contributed by atoms with van der Waals surface area (Å²) in [5, 5.41) is 7.00. The first-order chi connectivity index (χ1) is 6.77. The van der Waals surface area contributed by atoms with Gasteiger partial charge >= 0.3 is 0 Å². The average Bonchev–Trinajstić information content (AvgIpc) is 2.23. The standard InChI is InChI=1S/C8H8N4.CH4O.H2/c9-7-8(10)12-6-4-2-1-3-5(6)11-7;1-2;/h1-4H,(H2,9,11)(H2,10,12);2H,1H3;1H. The number of hydrogen-bond acceptors (Lipinski definition) is 5. The van der Waals surface area contributed by atoms with Crippen LogP contribution in [0.3, 0.4) is 0 Å². The molecule has 0 aliphatic rings. The van der Waals surface area contributed by atoms with Crippen LogP contribution in [0.5, 0.6) is 0 Å². The van der Waals surface area contributed by atoms with Gasteiger partial charge in [0.15, 0.2) is 11.6 Å². The summed E-state index contributed by atoms with van der Waals surface area (Å²) >= 11 is 0. The molecule has 0 fully saturated rings. The molecule has 2 rings (SSSR count). The molecular formula is C9H14N4O. The fourth-order valence-electron chi connectivity index (χ4n) is 1.03. The average molecular weight is 194 g/mol. The van der Waals surface area contributed by atoms with E-state index in [4.69, 9.17) is 16.6 Å². The van der Waals surface area contributed by atoms with E-state index in [-0.39, 0.29) is 13.1 Å². The molecule has 0 aliphatic carbocycles. The molecule has 0 saturated carbocycles. The maximum Gasteiger partial charge on any atom is 0.166 e. The summed E-state index contributed by atoms with van der Waals surface area (Å²) in [7, 11) is 1.00. The lowest BCUT2D eigenvalue weighted by Gasteiger charge is -1.99. The van der Waals surface area contributed by atoms with Gasteiger partial charge in [-0.05, 0) is 12.1 Å². The predicted octanol–water partition coefficient (Wildman–Crippen LogP) is 0.649. The highest BCUT2D eigenvalue weighted by molar-refractivity contribution is 5.78. The second-order valence-electron chi connectivity index (χ2n) is 2.48. The second kappa shape index (κ2) is 4.38. The zero-order valence-corrected chi connectivity index (χ0v) is 7.81. The van der Waals surface area contributed by atoms with Crippen LogP contribution in [0.2, 0.25) is 0 Å². The molecule has 1 aromatic heterocycles. The van der Waals surface area contributed by atoms with Crippen LogP contribution in [0.25, 0.3) is 11.0 Å². The Morgan fingerprint density at radius 3 is 1.71 bits per heavy atom. The number of nitrogens with zero attached hydrogens (tertiary/aromatic N) is 2. The van der Waals surface area contributed by atoms with Crippen LogP contribution in [0.1, 0.15) is 1.43 Å². The minimum Gasteiger partial charge on any atom is -0.400 e. The Balaban J connectivity index is 0.000000617. The first-order valence-corrected chi connectivity index (χ1v) is 4.00. The summed E-state index contributed by atoms with van der Waals surface area (Å²) in [5.74, 6) is 0.572. The summed E-state index contributed by atoms with van der Waals surface area (Å²) in [5.41, 5.74) is 12.5. The van der Waals surface area contributed by atoms with E-state index in [1.54, 1.807) is 0 Å². The molecule has 76 valence electrons. The minimum absolute atomic E-state index is 0. The van der Waals surface area contributed by atoms with Gasteiger partial charge in [0.1, 0.15) is 0 Å². The van der Waals surface area contributed by atoms with Gasteiger partial charge in [-0.2, -0.15) is 0 Å². The van der Waals surface area contributed by atoms with Gasteiger partial charge in [0, 0.05) is 8.54 Å². The highest BCUT2D eigenvalue weighted by Crippen LogP contribution is 2.14. The number of para-hydroxylation sites is 2. The molecule has 0 spiro atoms. The monoisotopic (exact) mass is 194 g/mol. The van der Waals surface area contributed by atoms with Gasteiger partial charge in [0.05, 0.1) is 11.0 Å². The third kappa shape index (κ3) is 1.89. The van der Waals surface area contributed by atoms with Crippen molar-refractivity contribution in [3.05, 3.63) is 24.3 Å². The molecule has 0 atom stereocenters. The van der Waals surface area contributed by atoms with Crippen LogP contribution < -0.4 is 11.5 Å². The van der Waals surface area contributed by atoms with E-state index in [9.17, 15) is 0 Å². The van der Waals surface area contributed by atoms with Crippen LogP contribution in [0, 0.1) is 0 Å². The number of aromatic nitrogens is 2. The van der Waals surface area contributed by atoms with Crippen molar-refractivity contribution >= 4 is 22.7 Å². The van der Waals surface area contributed by atoms with Crippen molar-refractivity contribution in [2.24, 2.45) is 0 Å². The zero-order chi connectivity index (χ0) is 10.6. The topological polar surface area (TPSA) is 98.0 Å². The summed E-state index contributed by atoms with van der Waals surface area (Å²) < 4.78 is 0. The number of benzene rings is 1. The van der Waals surface area contributed by atoms with E-state index >= 15 is 0 Å². The Morgan fingerprint density at radius 2 is 1.36 bits per heavy atom. The Kier molecular flexibility index (Phi) is 3.19. The third-order valence-corrected chi connectivity index (χ3v) is 1.63. The van der Waals surface area contributed by atoms with Gasteiger partial charge in [0.25, 0.3) is 0 Å². The highest BCUT2D eigenvalue weighted by atomic mass is 16.2. The van der Waals surface area contributed by atoms with Gasteiger partial charge in [-0.15, -0.1) is 0 Å². The summed E-state index contributed by atoms with van der Waals surface area (Å²) in [6.45, 7) is 0. The van der Waals surface area contributed by atoms with E-state index in [1.165, 1.54) is 0 Å². The number of fused-ring (bicyclic) bond motifs is 1. The quantitative estimate of drug-likeness (QED) is 0.572. The number of nitrogen functional groups attached to an aromatic ring is 2. The summed E-state index contributed by atoms with van der Waals surface area (Å²) in [6, 6.07) is 7.45.